The van der Waals surface area contributed by atoms with E-state index in [1.807, 2.05) is 6.20 Å². The van der Waals surface area contributed by atoms with Gasteiger partial charge in [-0.15, -0.1) is 0 Å². The number of nitriles is 1. The first-order valence-corrected chi connectivity index (χ1v) is 7.18. The van der Waals surface area contributed by atoms with Gasteiger partial charge in [0.2, 0.25) is 0 Å². The van der Waals surface area contributed by atoms with Crippen molar-refractivity contribution in [2.45, 2.75) is 43.2 Å². The fraction of sp³-hybridized carbons (Fsp3) is 0.571. The quantitative estimate of drug-likeness (QED) is 0.801. The Kier molecular flexibility index (Phi) is 2.91. The molecule has 3 heterocycles. The highest BCUT2D eigenvalue weighted by molar-refractivity contribution is 9.10. The first-order chi connectivity index (χ1) is 8.64. The van der Waals surface area contributed by atoms with Gasteiger partial charge in [-0.25, -0.2) is 0 Å². The molecule has 2 unspecified atom stereocenters. The monoisotopic (exact) mass is 305 g/mol. The van der Waals surface area contributed by atoms with Crippen molar-refractivity contribution in [3.8, 4) is 6.07 Å². The van der Waals surface area contributed by atoms with Crippen molar-refractivity contribution in [2.75, 3.05) is 7.05 Å². The van der Waals surface area contributed by atoms with Crippen molar-refractivity contribution < 1.29 is 0 Å². The summed E-state index contributed by atoms with van der Waals surface area (Å²) in [6, 6.07) is 5.77. The maximum atomic E-state index is 9.72. The number of aromatic nitrogens is 1. The molecule has 1 aromatic heterocycles. The van der Waals surface area contributed by atoms with E-state index < -0.39 is 0 Å². The molecule has 1 aromatic rings. The van der Waals surface area contributed by atoms with E-state index in [1.165, 1.54) is 12.8 Å². The first kappa shape index (κ1) is 12.1. The SMILES string of the molecule is CN1C2CCC1CC(C#N)(c1cncc(Br)c1)C2. The molecule has 0 radical (unpaired) electrons. The summed E-state index contributed by atoms with van der Waals surface area (Å²) < 4.78 is 0.959. The molecule has 0 aliphatic carbocycles. The lowest BCUT2D eigenvalue weighted by atomic mass is 9.72. The molecule has 3 nitrogen and oxygen atoms in total. The summed E-state index contributed by atoms with van der Waals surface area (Å²) in [4.78, 5) is 6.69. The van der Waals surface area contributed by atoms with Crippen molar-refractivity contribution in [1.29, 1.82) is 5.26 Å². The molecule has 0 saturated carbocycles. The number of fused-ring (bicyclic) bond motifs is 2. The molecule has 2 aliphatic heterocycles. The van der Waals surface area contributed by atoms with Gasteiger partial charge in [-0.2, -0.15) is 5.26 Å². The Balaban J connectivity index is 2.00. The van der Waals surface area contributed by atoms with Crippen molar-refractivity contribution in [2.24, 2.45) is 0 Å². The number of hydrogen-bond donors (Lipinski definition) is 0. The van der Waals surface area contributed by atoms with Gasteiger partial charge in [0, 0.05) is 29.0 Å². The molecule has 2 bridgehead atoms. The Morgan fingerprint density at radius 2 is 2.06 bits per heavy atom. The molecule has 2 aliphatic rings. The van der Waals surface area contributed by atoms with E-state index in [2.05, 4.69) is 45.0 Å². The van der Waals surface area contributed by atoms with Gasteiger partial charge in [0.1, 0.15) is 0 Å². The van der Waals surface area contributed by atoms with Crippen molar-refractivity contribution in [1.82, 2.24) is 9.88 Å². The number of pyridine rings is 1. The van der Waals surface area contributed by atoms with Crippen LogP contribution in [0.15, 0.2) is 22.9 Å². The van der Waals surface area contributed by atoms with E-state index in [9.17, 15) is 5.26 Å². The third-order valence-electron chi connectivity index (χ3n) is 4.62. The second-order valence-electron chi connectivity index (χ2n) is 5.54. The van der Waals surface area contributed by atoms with Gasteiger partial charge in [-0.1, -0.05) is 0 Å². The standard InChI is InChI=1S/C14H16BrN3/c1-18-12-2-3-13(18)6-14(5-12,9-16)10-4-11(15)8-17-7-10/h4,7-8,12-13H,2-3,5-6H2,1H3. The zero-order valence-electron chi connectivity index (χ0n) is 10.4. The highest BCUT2D eigenvalue weighted by Gasteiger charge is 2.48. The summed E-state index contributed by atoms with van der Waals surface area (Å²) in [6.45, 7) is 0. The van der Waals surface area contributed by atoms with Crippen LogP contribution in [0.2, 0.25) is 0 Å². The fourth-order valence-electron chi connectivity index (χ4n) is 3.54. The molecule has 0 spiro atoms. The summed E-state index contributed by atoms with van der Waals surface area (Å²) in [5.41, 5.74) is 0.735. The van der Waals surface area contributed by atoms with E-state index in [-0.39, 0.29) is 5.41 Å². The lowest BCUT2D eigenvalue weighted by molar-refractivity contribution is 0.135. The van der Waals surface area contributed by atoms with Crippen LogP contribution < -0.4 is 0 Å². The van der Waals surface area contributed by atoms with Crippen LogP contribution in [0.4, 0.5) is 0 Å². The van der Waals surface area contributed by atoms with Gasteiger partial charge in [0.15, 0.2) is 0 Å². The zero-order chi connectivity index (χ0) is 12.8. The Hall–Kier alpha value is -0.920. The zero-order valence-corrected chi connectivity index (χ0v) is 12.0. The predicted molar refractivity (Wildman–Crippen MR) is 73.0 cm³/mol. The second-order valence-corrected chi connectivity index (χ2v) is 6.46. The number of halogens is 1. The molecule has 2 atom stereocenters. The van der Waals surface area contributed by atoms with Crippen LogP contribution >= 0.6 is 15.9 Å². The topological polar surface area (TPSA) is 39.9 Å². The predicted octanol–water partition coefficient (Wildman–Crippen LogP) is 2.86. The smallest absolute Gasteiger partial charge is 0.0867 e. The van der Waals surface area contributed by atoms with Gasteiger partial charge in [-0.05, 0) is 60.3 Å². The largest absolute Gasteiger partial charge is 0.300 e. The van der Waals surface area contributed by atoms with Crippen LogP contribution in [0.5, 0.6) is 0 Å². The number of nitrogens with zero attached hydrogens (tertiary/aromatic N) is 3. The summed E-state index contributed by atoms with van der Waals surface area (Å²) in [7, 11) is 2.20. The molecule has 2 saturated heterocycles. The number of hydrogen-bond acceptors (Lipinski definition) is 3. The normalized spacial score (nSPS) is 35.4. The maximum absolute atomic E-state index is 9.72. The van der Waals surface area contributed by atoms with Crippen LogP contribution in [-0.2, 0) is 5.41 Å². The maximum Gasteiger partial charge on any atom is 0.0867 e. The Labute approximate surface area is 116 Å². The Morgan fingerprint density at radius 3 is 2.61 bits per heavy atom. The minimum Gasteiger partial charge on any atom is -0.300 e. The molecular formula is C14H16BrN3. The van der Waals surface area contributed by atoms with E-state index in [1.54, 1.807) is 6.20 Å². The molecule has 0 amide bonds. The Morgan fingerprint density at radius 1 is 1.39 bits per heavy atom. The van der Waals surface area contributed by atoms with Gasteiger partial charge < -0.3 is 4.90 Å². The number of rotatable bonds is 1. The molecule has 2 fully saturated rings. The molecule has 0 N–H and O–H groups in total. The summed E-state index contributed by atoms with van der Waals surface area (Å²) >= 11 is 3.46. The highest BCUT2D eigenvalue weighted by Crippen LogP contribution is 2.46. The van der Waals surface area contributed by atoms with Crippen LogP contribution in [0.1, 0.15) is 31.2 Å². The van der Waals surface area contributed by atoms with Crippen molar-refractivity contribution in [3.63, 3.8) is 0 Å². The lowest BCUT2D eigenvalue weighted by Gasteiger charge is -2.41. The molecule has 0 aromatic carbocycles. The van der Waals surface area contributed by atoms with Crippen LogP contribution in [0.3, 0.4) is 0 Å². The second kappa shape index (κ2) is 4.32. The third-order valence-corrected chi connectivity index (χ3v) is 5.06. The third kappa shape index (κ3) is 1.77. The highest BCUT2D eigenvalue weighted by atomic mass is 79.9. The van der Waals surface area contributed by atoms with E-state index >= 15 is 0 Å². The molecule has 94 valence electrons. The minimum absolute atomic E-state index is 0.338. The average molecular weight is 306 g/mol. The van der Waals surface area contributed by atoms with Crippen LogP contribution in [0, 0.1) is 11.3 Å². The summed E-state index contributed by atoms with van der Waals surface area (Å²) in [5, 5.41) is 9.72. The van der Waals surface area contributed by atoms with E-state index in [0.29, 0.717) is 12.1 Å². The van der Waals surface area contributed by atoms with Gasteiger partial charge in [0.05, 0.1) is 11.5 Å². The first-order valence-electron chi connectivity index (χ1n) is 6.39. The molecular weight excluding hydrogens is 290 g/mol. The summed E-state index contributed by atoms with van der Waals surface area (Å²) in [6.07, 6.45) is 7.97. The molecule has 3 rings (SSSR count). The van der Waals surface area contributed by atoms with Gasteiger partial charge in [-0.3, -0.25) is 4.98 Å². The van der Waals surface area contributed by atoms with Crippen molar-refractivity contribution >= 4 is 15.9 Å². The van der Waals surface area contributed by atoms with Gasteiger partial charge >= 0.3 is 0 Å². The number of piperidine rings is 1. The van der Waals surface area contributed by atoms with Gasteiger partial charge in [0.25, 0.3) is 0 Å². The average Bonchev–Trinajstić information content (AvgIpc) is 2.62. The Bertz CT molecular complexity index is 494. The van der Waals surface area contributed by atoms with E-state index in [4.69, 9.17) is 0 Å². The molecule has 4 heteroatoms. The summed E-state index contributed by atoms with van der Waals surface area (Å²) in [5.74, 6) is 0. The van der Waals surface area contributed by atoms with Crippen LogP contribution in [0.25, 0.3) is 0 Å². The lowest BCUT2D eigenvalue weighted by Crippen LogP contribution is -2.47. The van der Waals surface area contributed by atoms with E-state index in [0.717, 1.165) is 22.9 Å². The van der Waals surface area contributed by atoms with Crippen LogP contribution in [-0.4, -0.2) is 29.0 Å². The minimum atomic E-state index is -0.338. The fourth-order valence-corrected chi connectivity index (χ4v) is 3.90. The van der Waals surface area contributed by atoms with Crippen molar-refractivity contribution in [3.05, 3.63) is 28.5 Å². The molecule has 18 heavy (non-hydrogen) atoms.